The predicted octanol–water partition coefficient (Wildman–Crippen LogP) is 9.56. The van der Waals surface area contributed by atoms with E-state index in [1.807, 2.05) is 10.6 Å². The number of amides is 1. The first kappa shape index (κ1) is 54.6. The minimum atomic E-state index is -4.75. The van der Waals surface area contributed by atoms with Crippen LogP contribution in [0.2, 0.25) is 0 Å². The van der Waals surface area contributed by atoms with Gasteiger partial charge in [0.15, 0.2) is 0 Å². The zero-order valence-corrected chi connectivity index (χ0v) is 39.3. The third-order valence-corrected chi connectivity index (χ3v) is 11.7. The van der Waals surface area contributed by atoms with E-state index < -0.39 is 107 Å². The molecule has 0 bridgehead atoms. The number of benzene rings is 1. The second-order valence-corrected chi connectivity index (χ2v) is 16.7. The van der Waals surface area contributed by atoms with Crippen LogP contribution in [0, 0.1) is 39.3 Å². The van der Waals surface area contributed by atoms with Crippen LogP contribution in [-0.4, -0.2) is 83.1 Å². The number of hydrogen-bond acceptors (Lipinski definition) is 10. The SMILES string of the molecule is CC[C@@H](Nc1cc(F)c(C(=O)N[C@@H](Cc2ccc(-c3nc(C)c(C)cc3C(F)(F)F)c3nccn23)C(=O)O)c(F)c1)C(F)(F)F.COC(=O)[C@@H](N)Cc1ccc(-c2nc(C)c(C)cc2C(F)(F)F)c2nccn12. The van der Waals surface area contributed by atoms with E-state index in [2.05, 4.69) is 24.7 Å². The number of ether oxygens (including phenoxy) is 1. The van der Waals surface area contributed by atoms with Crippen LogP contribution in [0.25, 0.3) is 33.8 Å². The van der Waals surface area contributed by atoms with Gasteiger partial charge in [-0.3, -0.25) is 19.6 Å². The molecule has 0 aliphatic heterocycles. The van der Waals surface area contributed by atoms with E-state index in [9.17, 15) is 67.8 Å². The second-order valence-electron chi connectivity index (χ2n) is 16.7. The third-order valence-electron chi connectivity index (χ3n) is 11.7. The lowest BCUT2D eigenvalue weighted by molar-refractivity contribution is -0.143. The Bertz CT molecular complexity index is 3200. The van der Waals surface area contributed by atoms with E-state index in [-0.39, 0.29) is 34.6 Å². The number of methoxy groups -OCH3 is 1. The van der Waals surface area contributed by atoms with E-state index in [0.717, 1.165) is 12.1 Å². The summed E-state index contributed by atoms with van der Waals surface area (Å²) in [5.74, 6) is -6.78. The molecule has 5 N–H and O–H groups in total. The van der Waals surface area contributed by atoms with E-state index in [1.165, 1.54) is 69.1 Å². The Kier molecular flexibility index (Phi) is 15.8. The van der Waals surface area contributed by atoms with Gasteiger partial charge in [-0.25, -0.2) is 23.5 Å². The number of imidazole rings is 2. The number of fused-ring (bicyclic) bond motifs is 2. The highest BCUT2D eigenvalue weighted by Crippen LogP contribution is 2.40. The number of nitrogens with two attached hydrogens (primary N) is 1. The van der Waals surface area contributed by atoms with Crippen molar-refractivity contribution < 1.29 is 72.5 Å². The molecule has 6 aromatic heterocycles. The Morgan fingerprint density at radius 1 is 0.726 bits per heavy atom. The number of pyridine rings is 4. The summed E-state index contributed by atoms with van der Waals surface area (Å²) in [6.07, 6.45) is -9.17. The molecule has 25 heteroatoms. The Morgan fingerprint density at radius 3 is 1.58 bits per heavy atom. The van der Waals surface area contributed by atoms with Crippen LogP contribution >= 0.6 is 0 Å². The molecule has 3 atom stereocenters. The summed E-state index contributed by atoms with van der Waals surface area (Å²) in [5.41, 5.74) is 4.50. The Balaban J connectivity index is 0.000000265. The molecule has 0 aliphatic rings. The first-order valence-electron chi connectivity index (χ1n) is 21.8. The molecule has 7 aromatic rings. The van der Waals surface area contributed by atoms with Crippen molar-refractivity contribution in [1.29, 1.82) is 0 Å². The second kappa shape index (κ2) is 21.2. The molecular formula is C48H44F11N9O5. The molecule has 0 fully saturated rings. The Hall–Kier alpha value is -7.70. The summed E-state index contributed by atoms with van der Waals surface area (Å²) >= 11 is 0. The summed E-state index contributed by atoms with van der Waals surface area (Å²) in [7, 11) is 1.24. The van der Waals surface area contributed by atoms with Crippen LogP contribution in [0.1, 0.15) is 68.7 Å². The first-order valence-corrected chi connectivity index (χ1v) is 21.8. The lowest BCUT2D eigenvalue weighted by Crippen LogP contribution is -2.43. The predicted molar refractivity (Wildman–Crippen MR) is 242 cm³/mol. The number of carboxylic acids is 1. The van der Waals surface area contributed by atoms with Gasteiger partial charge in [0, 0.05) is 77.2 Å². The highest BCUT2D eigenvalue weighted by atomic mass is 19.4. The molecule has 7 rings (SSSR count). The molecule has 73 heavy (non-hydrogen) atoms. The van der Waals surface area contributed by atoms with E-state index in [1.54, 1.807) is 30.5 Å². The lowest BCUT2D eigenvalue weighted by atomic mass is 10.0. The lowest BCUT2D eigenvalue weighted by Gasteiger charge is -2.22. The van der Waals surface area contributed by atoms with Crippen molar-refractivity contribution in [2.24, 2.45) is 5.73 Å². The van der Waals surface area contributed by atoms with E-state index in [0.29, 0.717) is 46.0 Å². The molecule has 388 valence electrons. The van der Waals surface area contributed by atoms with Gasteiger partial charge in [-0.1, -0.05) is 6.92 Å². The van der Waals surface area contributed by atoms with Gasteiger partial charge in [-0.05, 0) is 93.8 Å². The molecule has 0 aliphatic carbocycles. The van der Waals surface area contributed by atoms with Gasteiger partial charge >= 0.3 is 30.5 Å². The third kappa shape index (κ3) is 12.0. The number of aromatic nitrogens is 6. The number of anilines is 1. The molecule has 0 radical (unpaired) electrons. The Morgan fingerprint density at radius 2 is 1.18 bits per heavy atom. The van der Waals surface area contributed by atoms with Crippen molar-refractivity contribution in [1.82, 2.24) is 34.1 Å². The van der Waals surface area contributed by atoms with E-state index in [4.69, 9.17) is 5.73 Å². The number of halogens is 11. The average molecular weight is 1040 g/mol. The molecule has 0 spiro atoms. The number of alkyl halides is 9. The van der Waals surface area contributed by atoms with Crippen LogP contribution in [-0.2, 0) is 39.5 Å². The van der Waals surface area contributed by atoms with Crippen molar-refractivity contribution >= 4 is 34.8 Å². The molecular weight excluding hydrogens is 992 g/mol. The summed E-state index contributed by atoms with van der Waals surface area (Å²) in [6.45, 7) is 7.47. The van der Waals surface area contributed by atoms with Gasteiger partial charge in [-0.2, -0.15) is 39.5 Å². The molecule has 14 nitrogen and oxygen atoms in total. The standard InChI is InChI=1S/C29H25F8N5O3.C19H19F3N4O2/c1-4-22(29(35,36)37)40-15-10-19(30)23(20(31)11-15)26(43)41-21(27(44)45)12-16-5-6-17(25-38-7-8-42(16)25)24-18(28(32,33)34)9-13(2)14(3)39-24;1-10-8-14(19(20,21)22)16(25-11(10)2)13-5-4-12(9-15(23)18(27)28-3)26-7-6-24-17(13)26/h5-11,21-22,40H,4,12H2,1-3H3,(H,41,43)(H,44,45);4-8,15H,9,23H2,1-3H3/t21-,22+;15-/m00/s1. The van der Waals surface area contributed by atoms with Gasteiger partial charge in [0.1, 0.15) is 46.6 Å². The maximum atomic E-state index is 14.8. The quantitative estimate of drug-likeness (QED) is 0.0636. The number of carboxylic acid groups (broad SMARTS) is 1. The number of nitrogens with zero attached hydrogens (tertiary/aromatic N) is 6. The fourth-order valence-electron chi connectivity index (χ4n) is 7.68. The number of esters is 1. The van der Waals surface area contributed by atoms with Gasteiger partial charge in [0.05, 0.1) is 29.6 Å². The highest BCUT2D eigenvalue weighted by molar-refractivity contribution is 5.97. The van der Waals surface area contributed by atoms with Gasteiger partial charge < -0.3 is 35.0 Å². The van der Waals surface area contributed by atoms with E-state index >= 15 is 0 Å². The zero-order valence-electron chi connectivity index (χ0n) is 39.3. The van der Waals surface area contributed by atoms with Crippen LogP contribution in [0.4, 0.5) is 54.0 Å². The molecule has 1 amide bonds. The number of nitrogens with one attached hydrogen (secondary N) is 2. The number of aliphatic carboxylic acids is 1. The Labute approximate surface area is 407 Å². The normalized spacial score (nSPS) is 13.3. The summed E-state index contributed by atoms with van der Waals surface area (Å²) < 4.78 is 159. The minimum absolute atomic E-state index is 0.00589. The summed E-state index contributed by atoms with van der Waals surface area (Å²) in [6, 6.07) is 3.90. The van der Waals surface area contributed by atoms with Crippen LogP contribution in [0.15, 0.2) is 73.3 Å². The largest absolute Gasteiger partial charge is 0.480 e. The van der Waals surface area contributed by atoms with Crippen LogP contribution in [0.3, 0.4) is 0 Å². The van der Waals surface area contributed by atoms with Gasteiger partial charge in [0.25, 0.3) is 5.91 Å². The first-order chi connectivity index (χ1) is 34.0. The van der Waals surface area contributed by atoms with Crippen molar-refractivity contribution in [2.75, 3.05) is 12.4 Å². The topological polar surface area (TPSA) is 191 Å². The molecule has 0 unspecified atom stereocenters. The van der Waals surface area contributed by atoms with Crippen molar-refractivity contribution in [3.05, 3.63) is 136 Å². The monoisotopic (exact) mass is 1040 g/mol. The van der Waals surface area contributed by atoms with Gasteiger partial charge in [-0.15, -0.1) is 0 Å². The maximum absolute atomic E-state index is 14.8. The van der Waals surface area contributed by atoms with Crippen molar-refractivity contribution in [3.8, 4) is 22.5 Å². The highest BCUT2D eigenvalue weighted by Gasteiger charge is 2.40. The number of aryl methyl sites for hydroxylation is 4. The fraction of sp³-hybridized carbons (Fsp3) is 0.312. The average Bonchev–Trinajstić information content (AvgIpc) is 4.00. The molecule has 1 aromatic carbocycles. The molecule has 0 saturated carbocycles. The van der Waals surface area contributed by atoms with Gasteiger partial charge in [0.2, 0.25) is 0 Å². The number of carbonyl (C=O) groups is 3. The summed E-state index contributed by atoms with van der Waals surface area (Å²) in [4.78, 5) is 53.1. The number of carbonyl (C=O) groups excluding carboxylic acids is 2. The van der Waals surface area contributed by atoms with Crippen molar-refractivity contribution in [3.63, 3.8) is 0 Å². The number of hydrogen-bond donors (Lipinski definition) is 4. The molecule has 6 heterocycles. The molecule has 0 saturated heterocycles. The smallest absolute Gasteiger partial charge is 0.418 e. The zero-order chi connectivity index (χ0) is 54.1. The maximum Gasteiger partial charge on any atom is 0.418 e. The van der Waals surface area contributed by atoms with Crippen LogP contribution < -0.4 is 16.4 Å². The summed E-state index contributed by atoms with van der Waals surface area (Å²) in [5, 5.41) is 13.7. The van der Waals surface area contributed by atoms with Crippen LogP contribution in [0.5, 0.6) is 0 Å². The minimum Gasteiger partial charge on any atom is -0.480 e. The van der Waals surface area contributed by atoms with Crippen molar-refractivity contribution in [2.45, 2.75) is 90.5 Å². The fourth-order valence-corrected chi connectivity index (χ4v) is 7.68. The number of rotatable bonds is 13.